The van der Waals surface area contributed by atoms with Crippen LogP contribution >= 0.6 is 0 Å². The summed E-state index contributed by atoms with van der Waals surface area (Å²) in [4.78, 5) is 13.0. The van der Waals surface area contributed by atoms with Crippen LogP contribution in [0.3, 0.4) is 0 Å². The predicted molar refractivity (Wildman–Crippen MR) is 56.9 cm³/mol. The lowest BCUT2D eigenvalue weighted by Crippen LogP contribution is -2.57. The molecule has 1 atom stereocenters. The number of nitrogens with zero attached hydrogens (tertiary/aromatic N) is 1. The van der Waals surface area contributed by atoms with Crippen LogP contribution < -0.4 is 11.1 Å². The molecule has 0 aromatic heterocycles. The lowest BCUT2D eigenvalue weighted by atomic mass is 10.0. The van der Waals surface area contributed by atoms with E-state index in [2.05, 4.69) is 31.0 Å². The monoisotopic (exact) mass is 199 g/mol. The van der Waals surface area contributed by atoms with Gasteiger partial charge in [-0.25, -0.2) is 0 Å². The number of nitrogens with one attached hydrogen (secondary N) is 1. The highest BCUT2D eigenvalue weighted by atomic mass is 16.1. The summed E-state index contributed by atoms with van der Waals surface area (Å²) in [7, 11) is 0. The number of hydrogen-bond donors (Lipinski definition) is 2. The molecule has 0 aromatic carbocycles. The van der Waals surface area contributed by atoms with Crippen molar-refractivity contribution in [3.63, 3.8) is 0 Å². The smallest absolute Gasteiger partial charge is 0.234 e. The highest BCUT2D eigenvalue weighted by Crippen LogP contribution is 2.15. The fourth-order valence-electron chi connectivity index (χ4n) is 1.61. The molecule has 1 aliphatic rings. The van der Waals surface area contributed by atoms with Gasteiger partial charge in [-0.1, -0.05) is 0 Å². The Morgan fingerprint density at radius 3 is 2.57 bits per heavy atom. The first-order chi connectivity index (χ1) is 6.40. The van der Waals surface area contributed by atoms with Crippen LogP contribution in [0.5, 0.6) is 0 Å². The van der Waals surface area contributed by atoms with Gasteiger partial charge < -0.3 is 11.1 Å². The van der Waals surface area contributed by atoms with Crippen LogP contribution in [-0.2, 0) is 4.79 Å². The Bertz CT molecular complexity index is 210. The number of hydrogen-bond acceptors (Lipinski definition) is 3. The minimum Gasteiger partial charge on any atom is -0.368 e. The maximum Gasteiger partial charge on any atom is 0.234 e. The lowest BCUT2D eigenvalue weighted by Gasteiger charge is -2.39. The Balaban J connectivity index is 2.17. The second-order valence-electron chi connectivity index (χ2n) is 4.92. The molecule has 1 saturated heterocycles. The minimum atomic E-state index is -0.188. The largest absolute Gasteiger partial charge is 0.368 e. The molecule has 0 bridgehead atoms. The van der Waals surface area contributed by atoms with Crippen LogP contribution in [0.1, 0.15) is 27.2 Å². The van der Waals surface area contributed by atoms with Gasteiger partial charge in [-0.3, -0.25) is 9.69 Å². The summed E-state index contributed by atoms with van der Waals surface area (Å²) >= 11 is 0. The van der Waals surface area contributed by atoms with E-state index in [0.29, 0.717) is 0 Å². The zero-order valence-corrected chi connectivity index (χ0v) is 9.34. The van der Waals surface area contributed by atoms with Crippen LogP contribution in [0.4, 0.5) is 0 Å². The van der Waals surface area contributed by atoms with Gasteiger partial charge in [0, 0.05) is 25.2 Å². The van der Waals surface area contributed by atoms with Gasteiger partial charge in [0.1, 0.15) is 0 Å². The van der Waals surface area contributed by atoms with E-state index in [4.69, 9.17) is 5.73 Å². The van der Waals surface area contributed by atoms with Crippen molar-refractivity contribution in [1.82, 2.24) is 10.2 Å². The van der Waals surface area contributed by atoms with Crippen molar-refractivity contribution in [1.29, 1.82) is 0 Å². The zero-order chi connectivity index (χ0) is 10.8. The number of likely N-dealkylation sites (tertiary alicyclic amines) is 1. The molecule has 3 N–H and O–H groups in total. The van der Waals surface area contributed by atoms with Crippen LogP contribution in [0.25, 0.3) is 0 Å². The van der Waals surface area contributed by atoms with Gasteiger partial charge >= 0.3 is 0 Å². The number of nitrogens with two attached hydrogens (primary N) is 1. The van der Waals surface area contributed by atoms with E-state index in [-0.39, 0.29) is 17.5 Å². The molecule has 1 unspecified atom stereocenters. The molecule has 1 fully saturated rings. The van der Waals surface area contributed by atoms with Gasteiger partial charge in [0.2, 0.25) is 5.91 Å². The number of primary amides is 1. The number of carbonyl (C=O) groups is 1. The molecule has 0 spiro atoms. The molecule has 1 heterocycles. The van der Waals surface area contributed by atoms with Crippen LogP contribution in [0.15, 0.2) is 0 Å². The third-order valence-electron chi connectivity index (χ3n) is 2.51. The quantitative estimate of drug-likeness (QED) is 0.666. The first kappa shape index (κ1) is 11.5. The average Bonchev–Trinajstić information content (AvgIpc) is 1.92. The third-order valence-corrected chi connectivity index (χ3v) is 2.51. The molecule has 82 valence electrons. The summed E-state index contributed by atoms with van der Waals surface area (Å²) in [5.74, 6) is -0.188. The number of amides is 1. The Morgan fingerprint density at radius 1 is 1.57 bits per heavy atom. The lowest BCUT2D eigenvalue weighted by molar-refractivity contribution is -0.127. The van der Waals surface area contributed by atoms with Crippen molar-refractivity contribution in [2.24, 2.45) is 5.73 Å². The summed E-state index contributed by atoms with van der Waals surface area (Å²) < 4.78 is 0. The summed E-state index contributed by atoms with van der Waals surface area (Å²) in [6.07, 6.45) is 0.921. The molecular weight excluding hydrogens is 178 g/mol. The van der Waals surface area contributed by atoms with E-state index in [1.165, 1.54) is 0 Å². The predicted octanol–water partition coefficient (Wildman–Crippen LogP) is -0.0659. The summed E-state index contributed by atoms with van der Waals surface area (Å²) in [5.41, 5.74) is 5.39. The molecule has 4 heteroatoms. The summed E-state index contributed by atoms with van der Waals surface area (Å²) in [6.45, 7) is 9.22. The van der Waals surface area contributed by atoms with Crippen LogP contribution in [0, 0.1) is 0 Å². The van der Waals surface area contributed by atoms with Crippen molar-refractivity contribution in [2.75, 3.05) is 19.6 Å². The molecule has 1 rings (SSSR count). The average molecular weight is 199 g/mol. The maximum absolute atomic E-state index is 10.9. The maximum atomic E-state index is 10.9. The van der Waals surface area contributed by atoms with Crippen LogP contribution in [-0.4, -0.2) is 42.0 Å². The van der Waals surface area contributed by atoms with Crippen molar-refractivity contribution < 1.29 is 4.79 Å². The first-order valence-corrected chi connectivity index (χ1v) is 5.18. The standard InChI is InChI=1S/C10H21N3O/c1-10(2,3)12-5-7-13-6-4-8(13)9(11)14/h8,12H,4-7H2,1-3H3,(H2,11,14). The highest BCUT2D eigenvalue weighted by Gasteiger charge is 2.31. The second kappa shape index (κ2) is 4.28. The van der Waals surface area contributed by atoms with E-state index in [0.717, 1.165) is 26.1 Å². The highest BCUT2D eigenvalue weighted by molar-refractivity contribution is 5.80. The Labute approximate surface area is 85.8 Å². The SMILES string of the molecule is CC(C)(C)NCCN1CCC1C(N)=O. The minimum absolute atomic E-state index is 0.0169. The van der Waals surface area contributed by atoms with Gasteiger partial charge in [0.15, 0.2) is 0 Å². The van der Waals surface area contributed by atoms with Gasteiger partial charge in [-0.2, -0.15) is 0 Å². The molecule has 0 saturated carbocycles. The molecule has 1 aliphatic heterocycles. The van der Waals surface area contributed by atoms with Gasteiger partial charge in [-0.05, 0) is 27.2 Å². The Hall–Kier alpha value is -0.610. The van der Waals surface area contributed by atoms with Gasteiger partial charge in [-0.15, -0.1) is 0 Å². The first-order valence-electron chi connectivity index (χ1n) is 5.18. The Kier molecular flexibility index (Phi) is 3.50. The fourth-order valence-corrected chi connectivity index (χ4v) is 1.61. The number of carbonyl (C=O) groups excluding carboxylic acids is 1. The molecule has 14 heavy (non-hydrogen) atoms. The normalized spacial score (nSPS) is 23.2. The van der Waals surface area contributed by atoms with Crippen molar-refractivity contribution in [3.05, 3.63) is 0 Å². The third kappa shape index (κ3) is 3.27. The molecular formula is C10H21N3O. The molecule has 0 aromatic rings. The van der Waals surface area contributed by atoms with Crippen molar-refractivity contribution in [3.8, 4) is 0 Å². The molecule has 1 amide bonds. The second-order valence-corrected chi connectivity index (χ2v) is 4.92. The van der Waals surface area contributed by atoms with Gasteiger partial charge in [0.05, 0.1) is 6.04 Å². The number of rotatable bonds is 4. The van der Waals surface area contributed by atoms with E-state index in [1.807, 2.05) is 0 Å². The van der Waals surface area contributed by atoms with Crippen molar-refractivity contribution in [2.45, 2.75) is 38.8 Å². The van der Waals surface area contributed by atoms with Gasteiger partial charge in [0.25, 0.3) is 0 Å². The zero-order valence-electron chi connectivity index (χ0n) is 9.34. The van der Waals surface area contributed by atoms with E-state index in [1.54, 1.807) is 0 Å². The Morgan fingerprint density at radius 2 is 2.21 bits per heavy atom. The summed E-state index contributed by atoms with van der Waals surface area (Å²) in [6, 6.07) is -0.0169. The van der Waals surface area contributed by atoms with E-state index >= 15 is 0 Å². The fraction of sp³-hybridized carbons (Fsp3) is 0.900. The molecule has 0 radical (unpaired) electrons. The van der Waals surface area contributed by atoms with Crippen molar-refractivity contribution >= 4 is 5.91 Å². The molecule has 0 aliphatic carbocycles. The summed E-state index contributed by atoms with van der Waals surface area (Å²) in [5, 5.41) is 3.39. The topological polar surface area (TPSA) is 58.4 Å². The van der Waals surface area contributed by atoms with E-state index in [9.17, 15) is 4.79 Å². The molecule has 4 nitrogen and oxygen atoms in total. The van der Waals surface area contributed by atoms with E-state index < -0.39 is 0 Å². The van der Waals surface area contributed by atoms with Crippen LogP contribution in [0.2, 0.25) is 0 Å².